The Labute approximate surface area is 157 Å². The summed E-state index contributed by atoms with van der Waals surface area (Å²) >= 11 is 0. The van der Waals surface area contributed by atoms with Gasteiger partial charge in [0.15, 0.2) is 0 Å². The topological polar surface area (TPSA) is 0 Å². The van der Waals surface area contributed by atoms with Gasteiger partial charge in [-0.25, -0.2) is 0 Å². The van der Waals surface area contributed by atoms with E-state index in [0.717, 1.165) is 0 Å². The van der Waals surface area contributed by atoms with Crippen molar-refractivity contribution in [2.45, 2.75) is 76.8 Å². The first-order valence-electron chi connectivity index (χ1n) is 10.3. The highest BCUT2D eigenvalue weighted by Crippen LogP contribution is 2.14. The Bertz CT molecular complexity index is 535. The van der Waals surface area contributed by atoms with Crippen LogP contribution in [-0.4, -0.2) is 8.80 Å². The van der Waals surface area contributed by atoms with Crippen molar-refractivity contribution in [3.63, 3.8) is 0 Å². The first-order chi connectivity index (χ1) is 12.4. The molecule has 2 rings (SSSR count). The van der Waals surface area contributed by atoms with Crippen LogP contribution in [0.1, 0.15) is 63.9 Å². The summed E-state index contributed by atoms with van der Waals surface area (Å²) in [6.45, 7) is 2.29. The third-order valence-corrected chi connectivity index (χ3v) is 8.03. The zero-order chi connectivity index (χ0) is 17.6. The molecular formula is C24H35Si. The van der Waals surface area contributed by atoms with Crippen LogP contribution >= 0.6 is 0 Å². The van der Waals surface area contributed by atoms with Gasteiger partial charge < -0.3 is 0 Å². The standard InChI is InChI=1S/C24H35Si/c1-2-3-4-5-6-7-8-15-21-25(24-18-13-10-14-19-24)22-20-23-16-11-9-12-17-23/h9-14,16-19H,2-8,15,20-22H2,1H3. The van der Waals surface area contributed by atoms with Gasteiger partial charge in [-0.05, 0) is 12.0 Å². The lowest BCUT2D eigenvalue weighted by Crippen LogP contribution is -2.30. The van der Waals surface area contributed by atoms with Crippen molar-refractivity contribution in [3.8, 4) is 0 Å². The quantitative estimate of drug-likeness (QED) is 0.276. The van der Waals surface area contributed by atoms with E-state index in [4.69, 9.17) is 0 Å². The zero-order valence-electron chi connectivity index (χ0n) is 16.1. The van der Waals surface area contributed by atoms with Gasteiger partial charge in [0.05, 0.1) is 8.80 Å². The molecule has 25 heavy (non-hydrogen) atoms. The summed E-state index contributed by atoms with van der Waals surface area (Å²) in [5.74, 6) is 0. The number of unbranched alkanes of at least 4 members (excludes halogenated alkanes) is 7. The molecule has 1 heteroatoms. The third-order valence-electron chi connectivity index (χ3n) is 5.07. The van der Waals surface area contributed by atoms with Crippen LogP contribution in [-0.2, 0) is 6.42 Å². The predicted molar refractivity (Wildman–Crippen MR) is 114 cm³/mol. The molecule has 0 nitrogen and oxygen atoms in total. The van der Waals surface area contributed by atoms with Crippen LogP contribution < -0.4 is 5.19 Å². The van der Waals surface area contributed by atoms with Crippen molar-refractivity contribution < 1.29 is 0 Å². The van der Waals surface area contributed by atoms with Crippen molar-refractivity contribution in [3.05, 3.63) is 66.2 Å². The van der Waals surface area contributed by atoms with E-state index in [0.29, 0.717) is 0 Å². The third kappa shape index (κ3) is 8.53. The minimum absolute atomic E-state index is 0.421. The van der Waals surface area contributed by atoms with E-state index in [1.54, 1.807) is 5.19 Å². The number of benzene rings is 2. The van der Waals surface area contributed by atoms with Gasteiger partial charge in [0, 0.05) is 0 Å². The SMILES string of the molecule is CCCCCCCCCC[Si](CCc1ccccc1)c1ccccc1. The lowest BCUT2D eigenvalue weighted by atomic mass is 10.1. The van der Waals surface area contributed by atoms with Gasteiger partial charge in [0.2, 0.25) is 0 Å². The highest BCUT2D eigenvalue weighted by Gasteiger charge is 2.13. The summed E-state index contributed by atoms with van der Waals surface area (Å²) in [4.78, 5) is 0. The maximum Gasteiger partial charge on any atom is 0.0859 e. The Morgan fingerprint density at radius 3 is 1.80 bits per heavy atom. The van der Waals surface area contributed by atoms with Crippen molar-refractivity contribution in [1.82, 2.24) is 0 Å². The van der Waals surface area contributed by atoms with Crippen LogP contribution in [0.2, 0.25) is 12.1 Å². The normalized spacial score (nSPS) is 11.1. The molecule has 0 unspecified atom stereocenters. The Balaban J connectivity index is 1.73. The lowest BCUT2D eigenvalue weighted by molar-refractivity contribution is 0.584. The molecule has 0 aliphatic carbocycles. The maximum absolute atomic E-state index is 2.37. The van der Waals surface area contributed by atoms with Gasteiger partial charge in [0.25, 0.3) is 0 Å². The summed E-state index contributed by atoms with van der Waals surface area (Å²) in [7, 11) is -0.421. The van der Waals surface area contributed by atoms with Crippen molar-refractivity contribution in [1.29, 1.82) is 0 Å². The Kier molecular flexibility index (Phi) is 10.3. The second-order valence-corrected chi connectivity index (χ2v) is 9.96. The fraction of sp³-hybridized carbons (Fsp3) is 0.500. The first kappa shape index (κ1) is 20.0. The summed E-state index contributed by atoms with van der Waals surface area (Å²) in [6, 6.07) is 25.1. The average molecular weight is 352 g/mol. The fourth-order valence-corrected chi connectivity index (χ4v) is 6.26. The molecule has 0 bridgehead atoms. The minimum atomic E-state index is -0.421. The van der Waals surface area contributed by atoms with Gasteiger partial charge in [-0.15, -0.1) is 0 Å². The van der Waals surface area contributed by atoms with E-state index >= 15 is 0 Å². The molecule has 2 aromatic rings. The molecule has 0 saturated heterocycles. The molecule has 0 atom stereocenters. The molecule has 0 heterocycles. The number of hydrogen-bond acceptors (Lipinski definition) is 0. The second kappa shape index (κ2) is 12.9. The monoisotopic (exact) mass is 351 g/mol. The highest BCUT2D eigenvalue weighted by atomic mass is 28.3. The van der Waals surface area contributed by atoms with E-state index in [1.165, 1.54) is 75.4 Å². The maximum atomic E-state index is 2.37. The summed E-state index contributed by atoms with van der Waals surface area (Å²) in [6.07, 6.45) is 12.6. The summed E-state index contributed by atoms with van der Waals surface area (Å²) in [5, 5.41) is 1.63. The van der Waals surface area contributed by atoms with E-state index < -0.39 is 8.80 Å². The van der Waals surface area contributed by atoms with Crippen molar-refractivity contribution >= 4 is 14.0 Å². The van der Waals surface area contributed by atoms with Gasteiger partial charge in [-0.1, -0.05) is 136 Å². The van der Waals surface area contributed by atoms with Gasteiger partial charge >= 0.3 is 0 Å². The highest BCUT2D eigenvalue weighted by molar-refractivity contribution is 6.73. The van der Waals surface area contributed by atoms with E-state index in [1.807, 2.05) is 0 Å². The van der Waals surface area contributed by atoms with Crippen molar-refractivity contribution in [2.24, 2.45) is 0 Å². The van der Waals surface area contributed by atoms with Crippen LogP contribution in [0.25, 0.3) is 0 Å². The Hall–Kier alpha value is -1.34. The van der Waals surface area contributed by atoms with E-state index in [9.17, 15) is 0 Å². The Morgan fingerprint density at radius 1 is 0.600 bits per heavy atom. The fourth-order valence-electron chi connectivity index (χ4n) is 3.50. The summed E-state index contributed by atoms with van der Waals surface area (Å²) < 4.78 is 0. The molecule has 1 radical (unpaired) electrons. The molecule has 0 N–H and O–H groups in total. The number of rotatable bonds is 13. The van der Waals surface area contributed by atoms with Gasteiger partial charge in [-0.3, -0.25) is 0 Å². The van der Waals surface area contributed by atoms with Gasteiger partial charge in [-0.2, -0.15) is 0 Å². The Morgan fingerprint density at radius 2 is 1.16 bits per heavy atom. The van der Waals surface area contributed by atoms with Gasteiger partial charge in [0.1, 0.15) is 0 Å². The molecule has 0 aliphatic heterocycles. The number of aryl methyl sites for hydroxylation is 1. The van der Waals surface area contributed by atoms with Crippen LogP contribution in [0.3, 0.4) is 0 Å². The zero-order valence-corrected chi connectivity index (χ0v) is 17.1. The lowest BCUT2D eigenvalue weighted by Gasteiger charge is -2.15. The molecule has 0 aliphatic rings. The summed E-state index contributed by atoms with van der Waals surface area (Å²) in [5.41, 5.74) is 1.50. The van der Waals surface area contributed by atoms with E-state index in [2.05, 4.69) is 67.6 Å². The van der Waals surface area contributed by atoms with Crippen LogP contribution in [0, 0.1) is 0 Å². The van der Waals surface area contributed by atoms with E-state index in [-0.39, 0.29) is 0 Å². The smallest absolute Gasteiger partial charge is 0.0654 e. The molecule has 0 spiro atoms. The van der Waals surface area contributed by atoms with Crippen LogP contribution in [0.5, 0.6) is 0 Å². The largest absolute Gasteiger partial charge is 0.0859 e. The molecule has 0 aromatic heterocycles. The molecular weight excluding hydrogens is 316 g/mol. The number of hydrogen-bond donors (Lipinski definition) is 0. The molecule has 2 aromatic carbocycles. The van der Waals surface area contributed by atoms with Crippen LogP contribution in [0.15, 0.2) is 60.7 Å². The van der Waals surface area contributed by atoms with Crippen molar-refractivity contribution in [2.75, 3.05) is 0 Å². The first-order valence-corrected chi connectivity index (χ1v) is 12.3. The predicted octanol–water partition coefficient (Wildman–Crippen LogP) is 6.77. The molecule has 0 amide bonds. The second-order valence-electron chi connectivity index (χ2n) is 7.18. The average Bonchev–Trinajstić information content (AvgIpc) is 2.68. The molecule has 135 valence electrons. The minimum Gasteiger partial charge on any atom is -0.0654 e. The molecule has 0 saturated carbocycles. The molecule has 0 fully saturated rings. The van der Waals surface area contributed by atoms with Crippen LogP contribution in [0.4, 0.5) is 0 Å².